The molecule has 7 heteroatoms. The molecule has 2 aromatic rings. The van der Waals surface area contributed by atoms with Crippen molar-refractivity contribution in [1.82, 2.24) is 15.1 Å². The number of rotatable bonds is 6. The number of hydrogen-bond donors (Lipinski definition) is 1. The van der Waals surface area contributed by atoms with Gasteiger partial charge in [-0.15, -0.1) is 0 Å². The van der Waals surface area contributed by atoms with Crippen molar-refractivity contribution in [3.05, 3.63) is 57.4 Å². The van der Waals surface area contributed by atoms with Gasteiger partial charge in [0.15, 0.2) is 0 Å². The van der Waals surface area contributed by atoms with E-state index in [-0.39, 0.29) is 17.4 Å². The summed E-state index contributed by atoms with van der Waals surface area (Å²) in [7, 11) is 0. The van der Waals surface area contributed by atoms with E-state index in [1.807, 2.05) is 38.1 Å². The van der Waals surface area contributed by atoms with E-state index in [0.29, 0.717) is 13.0 Å². The molecule has 0 spiro atoms. The second-order valence-electron chi connectivity index (χ2n) is 5.30. The van der Waals surface area contributed by atoms with Crippen LogP contribution in [0.1, 0.15) is 47.9 Å². The van der Waals surface area contributed by atoms with Crippen LogP contribution in [0.25, 0.3) is 0 Å². The number of carbonyl (C=O) groups excluding carboxylic acids is 1. The summed E-state index contributed by atoms with van der Waals surface area (Å²) in [5.74, 6) is -0.483. The van der Waals surface area contributed by atoms with Crippen LogP contribution in [0.15, 0.2) is 30.5 Å². The molecule has 1 amide bonds. The molecule has 0 fully saturated rings. The van der Waals surface area contributed by atoms with Crippen molar-refractivity contribution in [3.8, 4) is 0 Å². The molecule has 0 bridgehead atoms. The van der Waals surface area contributed by atoms with Gasteiger partial charge in [0, 0.05) is 6.54 Å². The summed E-state index contributed by atoms with van der Waals surface area (Å²) in [5, 5.41) is 17.9. The first-order chi connectivity index (χ1) is 11.0. The first-order valence-corrected chi connectivity index (χ1v) is 7.55. The third-order valence-electron chi connectivity index (χ3n) is 3.72. The predicted molar refractivity (Wildman–Crippen MR) is 86.2 cm³/mol. The Kier molecular flexibility index (Phi) is 5.10. The summed E-state index contributed by atoms with van der Waals surface area (Å²) in [5.41, 5.74) is 1.82. The zero-order valence-corrected chi connectivity index (χ0v) is 13.4. The van der Waals surface area contributed by atoms with E-state index in [0.717, 1.165) is 17.3 Å². The van der Waals surface area contributed by atoms with Crippen molar-refractivity contribution >= 4 is 11.6 Å². The zero-order valence-electron chi connectivity index (χ0n) is 13.4. The average molecular weight is 316 g/mol. The molecule has 0 aliphatic rings. The number of nitrogens with one attached hydrogen (secondary N) is 1. The van der Waals surface area contributed by atoms with Gasteiger partial charge >= 0.3 is 5.69 Å². The third-order valence-corrected chi connectivity index (χ3v) is 3.72. The van der Waals surface area contributed by atoms with E-state index in [1.54, 1.807) is 6.92 Å². The van der Waals surface area contributed by atoms with Gasteiger partial charge in [-0.2, -0.15) is 5.10 Å². The Morgan fingerprint density at radius 1 is 1.35 bits per heavy atom. The minimum absolute atomic E-state index is 0.0111. The lowest BCUT2D eigenvalue weighted by Crippen LogP contribution is -2.30. The van der Waals surface area contributed by atoms with Crippen molar-refractivity contribution in [2.24, 2.45) is 0 Å². The number of hydrogen-bond acceptors (Lipinski definition) is 4. The fraction of sp³-hybridized carbons (Fsp3) is 0.375. The summed E-state index contributed by atoms with van der Waals surface area (Å²) in [6, 6.07) is 7.65. The van der Waals surface area contributed by atoms with Crippen LogP contribution in [-0.2, 0) is 6.54 Å². The van der Waals surface area contributed by atoms with Gasteiger partial charge in [-0.25, -0.2) is 0 Å². The molecule has 7 nitrogen and oxygen atoms in total. The molecule has 0 aliphatic carbocycles. The number of nitrogens with zero attached hydrogens (tertiary/aromatic N) is 3. The first kappa shape index (κ1) is 16.7. The largest absolute Gasteiger partial charge is 0.344 e. The van der Waals surface area contributed by atoms with Crippen LogP contribution >= 0.6 is 0 Å². The van der Waals surface area contributed by atoms with Crippen LogP contribution in [0, 0.1) is 17.0 Å². The third kappa shape index (κ3) is 3.56. The Labute approximate surface area is 134 Å². The Morgan fingerprint density at radius 3 is 2.52 bits per heavy atom. The molecule has 1 aromatic heterocycles. The van der Waals surface area contributed by atoms with Crippen LogP contribution < -0.4 is 5.32 Å². The predicted octanol–water partition coefficient (Wildman–Crippen LogP) is 3.00. The highest BCUT2D eigenvalue weighted by molar-refractivity contribution is 5.96. The van der Waals surface area contributed by atoms with Crippen molar-refractivity contribution in [1.29, 1.82) is 0 Å². The lowest BCUT2D eigenvalue weighted by atomic mass is 10.0. The molecule has 0 saturated heterocycles. The highest BCUT2D eigenvalue weighted by Crippen LogP contribution is 2.21. The summed E-state index contributed by atoms with van der Waals surface area (Å²) < 4.78 is 1.34. The maximum absolute atomic E-state index is 12.5. The molecule has 1 aromatic carbocycles. The van der Waals surface area contributed by atoms with Gasteiger partial charge in [0.2, 0.25) is 5.69 Å². The second kappa shape index (κ2) is 7.04. The van der Waals surface area contributed by atoms with Crippen LogP contribution in [-0.4, -0.2) is 20.6 Å². The molecule has 0 radical (unpaired) electrons. The van der Waals surface area contributed by atoms with Gasteiger partial charge in [0.1, 0.15) is 6.20 Å². The fourth-order valence-corrected chi connectivity index (χ4v) is 2.43. The normalized spacial score (nSPS) is 12.0. The minimum atomic E-state index is -0.582. The van der Waals surface area contributed by atoms with E-state index in [9.17, 15) is 14.9 Å². The van der Waals surface area contributed by atoms with Crippen LogP contribution in [0.3, 0.4) is 0 Å². The van der Waals surface area contributed by atoms with Gasteiger partial charge in [-0.3, -0.25) is 19.6 Å². The molecule has 2 rings (SSSR count). The molecule has 1 N–H and O–H groups in total. The van der Waals surface area contributed by atoms with Crippen molar-refractivity contribution in [2.75, 3.05) is 0 Å². The van der Waals surface area contributed by atoms with Gasteiger partial charge in [0.05, 0.1) is 11.0 Å². The highest BCUT2D eigenvalue weighted by Gasteiger charge is 2.27. The topological polar surface area (TPSA) is 90.1 Å². The molecule has 0 aliphatic heterocycles. The minimum Gasteiger partial charge on any atom is -0.344 e. The summed E-state index contributed by atoms with van der Waals surface area (Å²) >= 11 is 0. The monoisotopic (exact) mass is 316 g/mol. The molecule has 1 unspecified atom stereocenters. The molecule has 23 heavy (non-hydrogen) atoms. The number of amides is 1. The average Bonchev–Trinajstić information content (AvgIpc) is 2.97. The summed E-state index contributed by atoms with van der Waals surface area (Å²) in [6.07, 6.45) is 1.80. The van der Waals surface area contributed by atoms with Crippen LogP contribution in [0.2, 0.25) is 0 Å². The van der Waals surface area contributed by atoms with Gasteiger partial charge in [-0.05, 0) is 25.8 Å². The van der Waals surface area contributed by atoms with Crippen molar-refractivity contribution in [2.45, 2.75) is 39.8 Å². The molecule has 122 valence electrons. The highest BCUT2D eigenvalue weighted by atomic mass is 16.6. The molecular formula is C16H20N4O3. The Hall–Kier alpha value is -2.70. The Balaban J connectivity index is 2.28. The van der Waals surface area contributed by atoms with Gasteiger partial charge in [0.25, 0.3) is 5.91 Å². The van der Waals surface area contributed by atoms with E-state index in [1.165, 1.54) is 4.68 Å². The van der Waals surface area contributed by atoms with E-state index < -0.39 is 10.8 Å². The maximum Gasteiger partial charge on any atom is 0.320 e. The number of benzene rings is 1. The fourth-order valence-electron chi connectivity index (χ4n) is 2.43. The standard InChI is InChI=1S/C16H20N4O3/c1-4-13(12-8-6-11(3)7-9-12)18-16(21)15-14(20(22)23)10-17-19(15)5-2/h6-10,13H,4-5H2,1-3H3,(H,18,21). The second-order valence-corrected chi connectivity index (χ2v) is 5.30. The Bertz CT molecular complexity index is 707. The number of aryl methyl sites for hydroxylation is 2. The zero-order chi connectivity index (χ0) is 17.0. The lowest BCUT2D eigenvalue weighted by molar-refractivity contribution is -0.385. The van der Waals surface area contributed by atoms with E-state index in [2.05, 4.69) is 10.4 Å². The lowest BCUT2D eigenvalue weighted by Gasteiger charge is -2.17. The first-order valence-electron chi connectivity index (χ1n) is 7.55. The number of nitro groups is 1. The van der Waals surface area contributed by atoms with Crippen LogP contribution in [0.5, 0.6) is 0 Å². The number of aromatic nitrogens is 2. The smallest absolute Gasteiger partial charge is 0.320 e. The summed E-state index contributed by atoms with van der Waals surface area (Å²) in [4.78, 5) is 23.1. The van der Waals surface area contributed by atoms with E-state index >= 15 is 0 Å². The summed E-state index contributed by atoms with van der Waals surface area (Å²) in [6.45, 7) is 6.12. The molecule has 1 atom stereocenters. The SMILES string of the molecule is CCC(NC(=O)c1c([N+](=O)[O-])cnn1CC)c1ccc(C)cc1. The molecule has 1 heterocycles. The van der Waals surface area contributed by atoms with Crippen LogP contribution in [0.4, 0.5) is 5.69 Å². The molecule has 0 saturated carbocycles. The number of carbonyl (C=O) groups is 1. The van der Waals surface area contributed by atoms with Crippen molar-refractivity contribution < 1.29 is 9.72 Å². The van der Waals surface area contributed by atoms with Gasteiger partial charge < -0.3 is 5.32 Å². The van der Waals surface area contributed by atoms with Gasteiger partial charge in [-0.1, -0.05) is 36.8 Å². The quantitative estimate of drug-likeness (QED) is 0.655. The maximum atomic E-state index is 12.5. The van der Waals surface area contributed by atoms with E-state index in [4.69, 9.17) is 0 Å². The van der Waals surface area contributed by atoms with Crippen molar-refractivity contribution in [3.63, 3.8) is 0 Å². The Morgan fingerprint density at radius 2 is 2.00 bits per heavy atom. The molecular weight excluding hydrogens is 296 g/mol.